The molecule has 5 heteroatoms. The number of rotatable bonds is 6. The molecule has 0 radical (unpaired) electrons. The van der Waals surface area contributed by atoms with Crippen LogP contribution in [0.25, 0.3) is 0 Å². The number of nitrogens with zero attached hydrogens (tertiary/aromatic N) is 3. The quantitative estimate of drug-likeness (QED) is 0.869. The van der Waals surface area contributed by atoms with E-state index in [2.05, 4.69) is 51.9 Å². The number of hydrogen-bond acceptors (Lipinski definition) is 3. The zero-order chi connectivity index (χ0) is 16.9. The summed E-state index contributed by atoms with van der Waals surface area (Å²) in [7, 11) is 0. The molecule has 0 bridgehead atoms. The lowest BCUT2D eigenvalue weighted by Crippen LogP contribution is -2.46. The van der Waals surface area contributed by atoms with Crippen molar-refractivity contribution in [3.05, 3.63) is 53.1 Å². The van der Waals surface area contributed by atoms with Crippen LogP contribution in [-0.2, 0) is 13.1 Å². The highest BCUT2D eigenvalue weighted by molar-refractivity contribution is 6.30. The van der Waals surface area contributed by atoms with Crippen LogP contribution in [-0.4, -0.2) is 39.6 Å². The van der Waals surface area contributed by atoms with Crippen molar-refractivity contribution in [2.24, 2.45) is 0 Å². The van der Waals surface area contributed by atoms with Crippen molar-refractivity contribution in [3.63, 3.8) is 0 Å². The molecule has 1 aromatic heterocycles. The van der Waals surface area contributed by atoms with E-state index in [4.69, 9.17) is 11.6 Å². The summed E-state index contributed by atoms with van der Waals surface area (Å²) in [5.74, 6) is 1.08. The summed E-state index contributed by atoms with van der Waals surface area (Å²) >= 11 is 5.95. The van der Waals surface area contributed by atoms with E-state index >= 15 is 0 Å². The molecule has 2 heterocycles. The maximum atomic E-state index is 5.95. The second kappa shape index (κ2) is 8.15. The van der Waals surface area contributed by atoms with Gasteiger partial charge >= 0.3 is 0 Å². The molecule has 0 saturated carbocycles. The van der Waals surface area contributed by atoms with Crippen LogP contribution in [0.1, 0.15) is 31.2 Å². The lowest BCUT2D eigenvalue weighted by molar-refractivity contribution is 0.183. The van der Waals surface area contributed by atoms with Gasteiger partial charge in [-0.1, -0.05) is 23.7 Å². The number of aromatic nitrogens is 2. The Morgan fingerprint density at radius 3 is 2.58 bits per heavy atom. The van der Waals surface area contributed by atoms with Gasteiger partial charge in [-0.2, -0.15) is 0 Å². The predicted molar refractivity (Wildman–Crippen MR) is 99.3 cm³/mol. The van der Waals surface area contributed by atoms with Crippen LogP contribution in [0, 0.1) is 6.92 Å². The molecular weight excluding hydrogens is 320 g/mol. The Bertz CT molecular complexity index is 629. The zero-order valence-corrected chi connectivity index (χ0v) is 15.3. The Morgan fingerprint density at radius 1 is 1.25 bits per heavy atom. The summed E-state index contributed by atoms with van der Waals surface area (Å²) in [6.45, 7) is 8.63. The van der Waals surface area contributed by atoms with E-state index in [0.29, 0.717) is 12.1 Å². The summed E-state index contributed by atoms with van der Waals surface area (Å²) in [5.41, 5.74) is 1.34. The minimum atomic E-state index is 0.464. The predicted octanol–water partition coefficient (Wildman–Crippen LogP) is 3.49. The number of imidazole rings is 1. The van der Waals surface area contributed by atoms with Crippen LogP contribution in [0.4, 0.5) is 0 Å². The minimum absolute atomic E-state index is 0.464. The highest BCUT2D eigenvalue weighted by atomic mass is 35.5. The van der Waals surface area contributed by atoms with Crippen molar-refractivity contribution < 1.29 is 0 Å². The first-order valence-corrected chi connectivity index (χ1v) is 9.18. The molecule has 0 unspecified atom stereocenters. The normalized spacial score (nSPS) is 18.0. The molecule has 0 spiro atoms. The average Bonchev–Trinajstić information content (AvgIpc) is 2.96. The fourth-order valence-electron chi connectivity index (χ4n) is 3.45. The van der Waals surface area contributed by atoms with Crippen molar-refractivity contribution in [1.82, 2.24) is 19.8 Å². The third-order valence-corrected chi connectivity index (χ3v) is 5.07. The largest absolute Gasteiger partial charge is 0.334 e. The maximum absolute atomic E-state index is 5.95. The third-order valence-electron chi connectivity index (χ3n) is 4.82. The van der Waals surface area contributed by atoms with Gasteiger partial charge in [-0.25, -0.2) is 4.98 Å². The molecule has 1 aliphatic heterocycles. The van der Waals surface area contributed by atoms with Crippen LogP contribution in [0.15, 0.2) is 36.7 Å². The molecular formula is C19H27ClN4. The Hall–Kier alpha value is -1.36. The van der Waals surface area contributed by atoms with Gasteiger partial charge in [0.2, 0.25) is 0 Å². The number of benzene rings is 1. The molecule has 1 atom stereocenters. The minimum Gasteiger partial charge on any atom is -0.334 e. The molecule has 0 aliphatic carbocycles. The van der Waals surface area contributed by atoms with Gasteiger partial charge in [0.15, 0.2) is 0 Å². The summed E-state index contributed by atoms with van der Waals surface area (Å²) in [6, 6.07) is 9.29. The standard InChI is InChI=1S/C19H27ClN4/c1-15(13-24-12-9-21-16(24)2)22-19-7-10-23(11-8-19)14-17-3-5-18(20)6-4-17/h3-6,9,12,15,19,22H,7-8,10-11,13-14H2,1-2H3/t15-/m1/s1. The Morgan fingerprint density at radius 2 is 1.96 bits per heavy atom. The number of likely N-dealkylation sites (tertiary alicyclic amines) is 1. The highest BCUT2D eigenvalue weighted by Crippen LogP contribution is 2.16. The fourth-order valence-corrected chi connectivity index (χ4v) is 3.58. The van der Waals surface area contributed by atoms with Crippen LogP contribution < -0.4 is 5.32 Å². The molecule has 2 aromatic rings. The summed E-state index contributed by atoms with van der Waals surface area (Å²) < 4.78 is 2.22. The Labute approximate surface area is 149 Å². The molecule has 1 N–H and O–H groups in total. The molecule has 24 heavy (non-hydrogen) atoms. The van der Waals surface area contributed by atoms with E-state index in [9.17, 15) is 0 Å². The van der Waals surface area contributed by atoms with Crippen molar-refractivity contribution in [1.29, 1.82) is 0 Å². The van der Waals surface area contributed by atoms with Gasteiger partial charge < -0.3 is 9.88 Å². The highest BCUT2D eigenvalue weighted by Gasteiger charge is 2.20. The van der Waals surface area contributed by atoms with E-state index in [1.54, 1.807) is 0 Å². The van der Waals surface area contributed by atoms with Crippen LogP contribution >= 0.6 is 11.6 Å². The van der Waals surface area contributed by atoms with Gasteiger partial charge in [-0.3, -0.25) is 4.90 Å². The zero-order valence-electron chi connectivity index (χ0n) is 14.6. The second-order valence-corrected chi connectivity index (χ2v) is 7.31. The molecule has 1 saturated heterocycles. The number of piperidine rings is 1. The lowest BCUT2D eigenvalue weighted by Gasteiger charge is -2.34. The van der Waals surface area contributed by atoms with Gasteiger partial charge in [0, 0.05) is 42.6 Å². The van der Waals surface area contributed by atoms with Crippen LogP contribution in [0.2, 0.25) is 5.02 Å². The van der Waals surface area contributed by atoms with Crippen LogP contribution in [0.3, 0.4) is 0 Å². The Balaban J connectivity index is 1.41. The summed E-state index contributed by atoms with van der Waals surface area (Å²) in [4.78, 5) is 6.83. The first kappa shape index (κ1) is 17.5. The molecule has 3 rings (SSSR count). The first-order valence-electron chi connectivity index (χ1n) is 8.81. The van der Waals surface area contributed by atoms with Gasteiger partial charge in [0.05, 0.1) is 0 Å². The summed E-state index contributed by atoms with van der Waals surface area (Å²) in [6.07, 6.45) is 6.35. The van der Waals surface area contributed by atoms with E-state index in [1.165, 1.54) is 18.4 Å². The van der Waals surface area contributed by atoms with E-state index in [1.807, 2.05) is 18.3 Å². The van der Waals surface area contributed by atoms with Gasteiger partial charge in [0.25, 0.3) is 0 Å². The van der Waals surface area contributed by atoms with Crippen molar-refractivity contribution in [2.45, 2.75) is 51.9 Å². The SMILES string of the molecule is Cc1nccn1C[C@@H](C)NC1CCN(Cc2ccc(Cl)cc2)CC1. The number of aryl methyl sites for hydroxylation is 1. The number of nitrogens with one attached hydrogen (secondary N) is 1. The van der Waals surface area contributed by atoms with E-state index < -0.39 is 0 Å². The molecule has 1 fully saturated rings. The lowest BCUT2D eigenvalue weighted by atomic mass is 10.0. The van der Waals surface area contributed by atoms with Gasteiger partial charge in [-0.05, 0) is 57.5 Å². The maximum Gasteiger partial charge on any atom is 0.105 e. The van der Waals surface area contributed by atoms with Crippen LogP contribution in [0.5, 0.6) is 0 Å². The van der Waals surface area contributed by atoms with E-state index in [0.717, 1.165) is 37.0 Å². The van der Waals surface area contributed by atoms with Crippen molar-refractivity contribution in [3.8, 4) is 0 Å². The van der Waals surface area contributed by atoms with Crippen molar-refractivity contribution >= 4 is 11.6 Å². The van der Waals surface area contributed by atoms with Gasteiger partial charge in [-0.15, -0.1) is 0 Å². The molecule has 130 valence electrons. The molecule has 1 aliphatic rings. The smallest absolute Gasteiger partial charge is 0.105 e. The number of hydrogen-bond donors (Lipinski definition) is 1. The van der Waals surface area contributed by atoms with Gasteiger partial charge in [0.1, 0.15) is 5.82 Å². The Kier molecular flexibility index (Phi) is 5.93. The molecule has 1 aromatic carbocycles. The first-order chi connectivity index (χ1) is 11.6. The molecule has 0 amide bonds. The topological polar surface area (TPSA) is 33.1 Å². The molecule has 4 nitrogen and oxygen atoms in total. The number of halogens is 1. The fraction of sp³-hybridized carbons (Fsp3) is 0.526. The van der Waals surface area contributed by atoms with Crippen molar-refractivity contribution in [2.75, 3.05) is 13.1 Å². The average molecular weight is 347 g/mol. The monoisotopic (exact) mass is 346 g/mol. The second-order valence-electron chi connectivity index (χ2n) is 6.87. The summed E-state index contributed by atoms with van der Waals surface area (Å²) in [5, 5.41) is 4.59. The third kappa shape index (κ3) is 4.82. The van der Waals surface area contributed by atoms with E-state index in [-0.39, 0.29) is 0 Å².